The van der Waals surface area contributed by atoms with Gasteiger partial charge >= 0.3 is 0 Å². The molecule has 1 aliphatic carbocycles. The lowest BCUT2D eigenvalue weighted by Crippen LogP contribution is -2.37. The summed E-state index contributed by atoms with van der Waals surface area (Å²) in [5.74, 6) is 2.03. The number of nitrogens with zero attached hydrogens (tertiary/aromatic N) is 2. The van der Waals surface area contributed by atoms with E-state index in [4.69, 9.17) is 5.73 Å². The Labute approximate surface area is 108 Å². The maximum atomic E-state index is 9.98. The topological polar surface area (TPSA) is 84.1 Å². The highest BCUT2D eigenvalue weighted by Gasteiger charge is 2.24. The molecule has 1 aromatic rings. The second-order valence-electron chi connectivity index (χ2n) is 4.95. The number of nitrogens with two attached hydrogens (primary N) is 1. The van der Waals surface area contributed by atoms with Crippen LogP contribution in [-0.4, -0.2) is 27.2 Å². The van der Waals surface area contributed by atoms with Crippen molar-refractivity contribution < 1.29 is 5.11 Å². The van der Waals surface area contributed by atoms with Crippen LogP contribution in [0.5, 0.6) is 0 Å². The van der Waals surface area contributed by atoms with E-state index in [1.54, 1.807) is 0 Å². The molecule has 2 rings (SSSR count). The van der Waals surface area contributed by atoms with Crippen LogP contribution in [0.2, 0.25) is 0 Å². The molecule has 0 saturated heterocycles. The molecule has 2 atom stereocenters. The number of aliphatic hydroxyl groups is 1. The monoisotopic (exact) mass is 250 g/mol. The molecule has 1 aliphatic rings. The van der Waals surface area contributed by atoms with Gasteiger partial charge in [0.25, 0.3) is 0 Å². The number of nitrogen functional groups attached to an aromatic ring is 1. The van der Waals surface area contributed by atoms with Gasteiger partial charge in [-0.25, -0.2) is 9.97 Å². The van der Waals surface area contributed by atoms with Gasteiger partial charge in [-0.3, -0.25) is 0 Å². The van der Waals surface area contributed by atoms with Gasteiger partial charge in [0.15, 0.2) is 0 Å². The van der Waals surface area contributed by atoms with Crippen molar-refractivity contribution in [3.8, 4) is 0 Å². The summed E-state index contributed by atoms with van der Waals surface area (Å²) in [4.78, 5) is 8.69. The molecular weight excluding hydrogens is 228 g/mol. The number of aryl methyl sites for hydroxylation is 1. The van der Waals surface area contributed by atoms with Crippen molar-refractivity contribution in [1.29, 1.82) is 0 Å². The molecule has 4 N–H and O–H groups in total. The van der Waals surface area contributed by atoms with Gasteiger partial charge in [0.05, 0.1) is 12.1 Å². The lowest BCUT2D eigenvalue weighted by molar-refractivity contribution is 0.116. The number of rotatable bonds is 3. The van der Waals surface area contributed by atoms with Crippen LogP contribution in [0.25, 0.3) is 0 Å². The molecule has 100 valence electrons. The fourth-order valence-corrected chi connectivity index (χ4v) is 2.34. The van der Waals surface area contributed by atoms with Crippen molar-refractivity contribution >= 4 is 11.6 Å². The van der Waals surface area contributed by atoms with E-state index in [0.29, 0.717) is 5.82 Å². The first-order chi connectivity index (χ1) is 8.61. The second-order valence-corrected chi connectivity index (χ2v) is 4.95. The molecule has 1 saturated carbocycles. The van der Waals surface area contributed by atoms with Gasteiger partial charge < -0.3 is 16.2 Å². The SMILES string of the molecule is CCc1nc(N)c(C)c(NC2CCCCC2O)n1. The normalized spacial score (nSPS) is 23.9. The van der Waals surface area contributed by atoms with E-state index < -0.39 is 0 Å². The fourth-order valence-electron chi connectivity index (χ4n) is 2.34. The van der Waals surface area contributed by atoms with Gasteiger partial charge in [0, 0.05) is 12.0 Å². The van der Waals surface area contributed by atoms with Crippen LogP contribution >= 0.6 is 0 Å². The largest absolute Gasteiger partial charge is 0.391 e. The number of hydrogen-bond acceptors (Lipinski definition) is 5. The van der Waals surface area contributed by atoms with Crippen LogP contribution in [0.4, 0.5) is 11.6 Å². The van der Waals surface area contributed by atoms with Gasteiger partial charge in [-0.15, -0.1) is 0 Å². The van der Waals surface area contributed by atoms with E-state index in [0.717, 1.165) is 49.3 Å². The maximum Gasteiger partial charge on any atom is 0.135 e. The molecule has 18 heavy (non-hydrogen) atoms. The molecule has 0 spiro atoms. The summed E-state index contributed by atoms with van der Waals surface area (Å²) in [6.45, 7) is 3.91. The highest BCUT2D eigenvalue weighted by molar-refractivity contribution is 5.55. The van der Waals surface area contributed by atoms with Crippen molar-refractivity contribution in [3.05, 3.63) is 11.4 Å². The quantitative estimate of drug-likeness (QED) is 0.759. The summed E-state index contributed by atoms with van der Waals surface area (Å²) in [5.41, 5.74) is 6.75. The molecule has 0 amide bonds. The average molecular weight is 250 g/mol. The lowest BCUT2D eigenvalue weighted by Gasteiger charge is -2.29. The predicted octanol–water partition coefficient (Wildman–Crippen LogP) is 1.65. The minimum Gasteiger partial charge on any atom is -0.391 e. The summed E-state index contributed by atoms with van der Waals surface area (Å²) in [6, 6.07) is 0.0801. The third-order valence-electron chi connectivity index (χ3n) is 3.60. The van der Waals surface area contributed by atoms with Crippen LogP contribution in [0.1, 0.15) is 44.0 Å². The molecule has 5 nitrogen and oxygen atoms in total. The Balaban J connectivity index is 2.19. The molecule has 1 aromatic heterocycles. The van der Waals surface area contributed by atoms with Crippen LogP contribution in [-0.2, 0) is 6.42 Å². The number of aliphatic hydroxyl groups excluding tert-OH is 1. The fraction of sp³-hybridized carbons (Fsp3) is 0.692. The Hall–Kier alpha value is -1.36. The summed E-state index contributed by atoms with van der Waals surface area (Å²) < 4.78 is 0. The van der Waals surface area contributed by atoms with Crippen molar-refractivity contribution in [2.45, 2.75) is 58.1 Å². The third-order valence-corrected chi connectivity index (χ3v) is 3.60. The van der Waals surface area contributed by atoms with Crippen molar-refractivity contribution in [3.63, 3.8) is 0 Å². The second kappa shape index (κ2) is 5.52. The van der Waals surface area contributed by atoms with E-state index in [1.807, 2.05) is 13.8 Å². The first-order valence-electron chi connectivity index (χ1n) is 6.69. The molecule has 0 aliphatic heterocycles. The molecule has 1 fully saturated rings. The van der Waals surface area contributed by atoms with Gasteiger partial charge in [-0.05, 0) is 19.8 Å². The maximum absolute atomic E-state index is 9.98. The Morgan fingerprint density at radius 2 is 2.06 bits per heavy atom. The Bertz CT molecular complexity index is 422. The van der Waals surface area contributed by atoms with E-state index in [1.165, 1.54) is 0 Å². The van der Waals surface area contributed by atoms with Crippen molar-refractivity contribution in [2.75, 3.05) is 11.1 Å². The zero-order chi connectivity index (χ0) is 13.1. The highest BCUT2D eigenvalue weighted by Crippen LogP contribution is 2.24. The van der Waals surface area contributed by atoms with Gasteiger partial charge in [-0.2, -0.15) is 0 Å². The lowest BCUT2D eigenvalue weighted by atomic mass is 9.92. The van der Waals surface area contributed by atoms with Crippen LogP contribution in [0.15, 0.2) is 0 Å². The highest BCUT2D eigenvalue weighted by atomic mass is 16.3. The van der Waals surface area contributed by atoms with E-state index in [-0.39, 0.29) is 12.1 Å². The summed E-state index contributed by atoms with van der Waals surface area (Å²) in [6.07, 6.45) is 4.55. The zero-order valence-electron chi connectivity index (χ0n) is 11.1. The molecular formula is C13H22N4O. The predicted molar refractivity (Wildman–Crippen MR) is 72.4 cm³/mol. The first kappa shape index (κ1) is 13.1. The van der Waals surface area contributed by atoms with Gasteiger partial charge in [0.1, 0.15) is 17.5 Å². The van der Waals surface area contributed by atoms with Crippen molar-refractivity contribution in [2.24, 2.45) is 0 Å². The molecule has 0 aromatic carbocycles. The third kappa shape index (κ3) is 2.72. The molecule has 1 heterocycles. The Morgan fingerprint density at radius 1 is 1.33 bits per heavy atom. The van der Waals surface area contributed by atoms with Gasteiger partial charge in [-0.1, -0.05) is 19.8 Å². The average Bonchev–Trinajstić information content (AvgIpc) is 2.37. The number of aromatic nitrogens is 2. The Morgan fingerprint density at radius 3 is 2.72 bits per heavy atom. The number of hydrogen-bond donors (Lipinski definition) is 3. The van der Waals surface area contributed by atoms with E-state index in [2.05, 4.69) is 15.3 Å². The van der Waals surface area contributed by atoms with Gasteiger partial charge in [0.2, 0.25) is 0 Å². The Kier molecular flexibility index (Phi) is 4.01. The first-order valence-corrected chi connectivity index (χ1v) is 6.69. The number of nitrogens with one attached hydrogen (secondary N) is 1. The smallest absolute Gasteiger partial charge is 0.135 e. The summed E-state index contributed by atoms with van der Waals surface area (Å²) in [5, 5.41) is 13.3. The minimum absolute atomic E-state index is 0.0801. The summed E-state index contributed by atoms with van der Waals surface area (Å²) >= 11 is 0. The standard InChI is InChI=1S/C13H22N4O/c1-3-11-16-12(14)8(2)13(17-11)15-9-6-4-5-7-10(9)18/h9-10,18H,3-7H2,1-2H3,(H3,14,15,16,17). The van der Waals surface area contributed by atoms with Crippen molar-refractivity contribution in [1.82, 2.24) is 9.97 Å². The van der Waals surface area contributed by atoms with Crippen LogP contribution < -0.4 is 11.1 Å². The molecule has 0 bridgehead atoms. The van der Waals surface area contributed by atoms with E-state index >= 15 is 0 Å². The minimum atomic E-state index is -0.292. The van der Waals surface area contributed by atoms with E-state index in [9.17, 15) is 5.11 Å². The zero-order valence-corrected chi connectivity index (χ0v) is 11.1. The number of anilines is 2. The molecule has 5 heteroatoms. The molecule has 2 unspecified atom stereocenters. The van der Waals surface area contributed by atoms with Crippen LogP contribution in [0, 0.1) is 6.92 Å². The molecule has 0 radical (unpaired) electrons. The summed E-state index contributed by atoms with van der Waals surface area (Å²) in [7, 11) is 0. The van der Waals surface area contributed by atoms with Crippen LogP contribution in [0.3, 0.4) is 0 Å².